The monoisotopic (exact) mass is 394 g/mol. The molecule has 0 fully saturated rings. The Morgan fingerprint density at radius 3 is 0.750 bits per heavy atom. The van der Waals surface area contributed by atoms with Crippen molar-refractivity contribution in [2.45, 2.75) is 139 Å². The highest BCUT2D eigenvalue weighted by Gasteiger charge is 2.40. The Labute approximate surface area is 181 Å². The first-order valence-electron chi connectivity index (χ1n) is 13.5. The molecule has 0 aliphatic carbocycles. The van der Waals surface area contributed by atoms with Crippen LogP contribution in [0.4, 0.5) is 0 Å². The minimum Gasteiger partial charge on any atom is -0.0654 e. The summed E-state index contributed by atoms with van der Waals surface area (Å²) in [6.07, 6.45) is 16.7. The van der Waals surface area contributed by atoms with Gasteiger partial charge in [-0.2, -0.15) is 0 Å². The lowest BCUT2D eigenvalue weighted by Crippen LogP contribution is -2.39. The maximum absolute atomic E-state index is 2.70. The molecular weight excluding hydrogens is 336 g/mol. The summed E-state index contributed by atoms with van der Waals surface area (Å²) < 4.78 is 0. The van der Waals surface area contributed by atoms with Crippen LogP contribution in [0.2, 0.25) is 0 Å². The molecule has 28 heavy (non-hydrogen) atoms. The van der Waals surface area contributed by atoms with Gasteiger partial charge in [0.15, 0.2) is 0 Å². The summed E-state index contributed by atoms with van der Waals surface area (Å²) >= 11 is 0. The van der Waals surface area contributed by atoms with E-state index < -0.39 is 0 Å². The minimum atomic E-state index is 0.876. The van der Waals surface area contributed by atoms with Crippen LogP contribution in [0.5, 0.6) is 0 Å². The fraction of sp³-hybridized carbons (Fsp3) is 1.00. The van der Waals surface area contributed by atoms with Gasteiger partial charge >= 0.3 is 0 Å². The van der Waals surface area contributed by atoms with Crippen LogP contribution >= 0.6 is 0 Å². The van der Waals surface area contributed by atoms with Crippen molar-refractivity contribution in [2.75, 3.05) is 0 Å². The zero-order valence-electron chi connectivity index (χ0n) is 21.5. The van der Waals surface area contributed by atoms with Crippen molar-refractivity contribution in [1.82, 2.24) is 0 Å². The second-order valence-corrected chi connectivity index (χ2v) is 9.84. The first-order valence-corrected chi connectivity index (χ1v) is 13.5. The standard InChI is InChI=1S/C28H58/c1-10-18-23(14-5)27(24(15-6)19-11-2)22(9)28(25(16-7)20-12-3)26(17-8)21-13-4/h22-28H,10-21H2,1-9H3. The average Bonchev–Trinajstić information content (AvgIpc) is 2.71. The zero-order chi connectivity index (χ0) is 21.5. The highest BCUT2D eigenvalue weighted by Crippen LogP contribution is 2.47. The molecule has 0 radical (unpaired) electrons. The van der Waals surface area contributed by atoms with Crippen molar-refractivity contribution in [2.24, 2.45) is 41.4 Å². The van der Waals surface area contributed by atoms with Crippen LogP contribution in [0.25, 0.3) is 0 Å². The highest BCUT2D eigenvalue weighted by molar-refractivity contribution is 4.89. The van der Waals surface area contributed by atoms with Gasteiger partial charge in [-0.05, 0) is 41.4 Å². The molecule has 0 nitrogen and oxygen atoms in total. The molecule has 4 unspecified atom stereocenters. The van der Waals surface area contributed by atoms with Crippen LogP contribution in [0, 0.1) is 41.4 Å². The Bertz CT molecular complexity index is 273. The normalized spacial score (nSPS) is 19.6. The second kappa shape index (κ2) is 16.8. The molecule has 0 aliphatic rings. The van der Waals surface area contributed by atoms with Crippen molar-refractivity contribution in [3.8, 4) is 0 Å². The number of hydrogen-bond acceptors (Lipinski definition) is 0. The van der Waals surface area contributed by atoms with Crippen molar-refractivity contribution in [3.05, 3.63) is 0 Å². The summed E-state index contributed by atoms with van der Waals surface area (Å²) in [5, 5.41) is 0. The molecule has 0 aliphatic heterocycles. The van der Waals surface area contributed by atoms with E-state index in [-0.39, 0.29) is 0 Å². The molecule has 0 amide bonds. The SMILES string of the molecule is CCCC(CC)C(C(CC)CCC)C(C)C(C(CC)CCC)C(CC)CCC. The zero-order valence-corrected chi connectivity index (χ0v) is 21.5. The topological polar surface area (TPSA) is 0 Å². The molecule has 0 bridgehead atoms. The molecule has 0 spiro atoms. The molecule has 0 heterocycles. The van der Waals surface area contributed by atoms with E-state index in [0.29, 0.717) is 0 Å². The summed E-state index contributed by atoms with van der Waals surface area (Å²) in [6, 6.07) is 0. The first kappa shape index (κ1) is 28.0. The van der Waals surface area contributed by atoms with Gasteiger partial charge in [0.25, 0.3) is 0 Å². The first-order chi connectivity index (χ1) is 13.5. The van der Waals surface area contributed by atoms with Gasteiger partial charge in [0.1, 0.15) is 0 Å². The maximum atomic E-state index is 2.70. The summed E-state index contributed by atoms with van der Waals surface area (Å²) in [6.45, 7) is 22.2. The molecule has 4 atom stereocenters. The van der Waals surface area contributed by atoms with E-state index >= 15 is 0 Å². The van der Waals surface area contributed by atoms with Gasteiger partial charge in [0, 0.05) is 0 Å². The Morgan fingerprint density at radius 2 is 0.607 bits per heavy atom. The van der Waals surface area contributed by atoms with Gasteiger partial charge in [0.2, 0.25) is 0 Å². The molecule has 0 heteroatoms. The van der Waals surface area contributed by atoms with E-state index in [0.717, 1.165) is 41.4 Å². The van der Waals surface area contributed by atoms with E-state index in [9.17, 15) is 0 Å². The third-order valence-electron chi connectivity index (χ3n) is 8.13. The lowest BCUT2D eigenvalue weighted by molar-refractivity contribution is 0.0286. The van der Waals surface area contributed by atoms with Gasteiger partial charge < -0.3 is 0 Å². The third-order valence-corrected chi connectivity index (χ3v) is 8.13. The van der Waals surface area contributed by atoms with Crippen molar-refractivity contribution >= 4 is 0 Å². The van der Waals surface area contributed by atoms with Crippen LogP contribution in [0.15, 0.2) is 0 Å². The summed E-state index contributed by atoms with van der Waals surface area (Å²) in [7, 11) is 0. The Balaban J connectivity index is 6.07. The number of rotatable bonds is 18. The van der Waals surface area contributed by atoms with E-state index in [1.807, 2.05) is 0 Å². The van der Waals surface area contributed by atoms with E-state index in [4.69, 9.17) is 0 Å². The molecular formula is C28H58. The molecule has 0 aromatic rings. The average molecular weight is 395 g/mol. The molecule has 0 saturated heterocycles. The molecule has 0 saturated carbocycles. The summed E-state index contributed by atoms with van der Waals surface area (Å²) in [5.41, 5.74) is 0. The number of hydrogen-bond donors (Lipinski definition) is 0. The molecule has 170 valence electrons. The summed E-state index contributed by atoms with van der Waals surface area (Å²) in [4.78, 5) is 0. The predicted molar refractivity (Wildman–Crippen MR) is 131 cm³/mol. The van der Waals surface area contributed by atoms with E-state index in [1.54, 1.807) is 0 Å². The maximum Gasteiger partial charge on any atom is -0.0329 e. The van der Waals surface area contributed by atoms with E-state index in [2.05, 4.69) is 62.3 Å². The van der Waals surface area contributed by atoms with Crippen molar-refractivity contribution in [3.63, 3.8) is 0 Å². The largest absolute Gasteiger partial charge is 0.0654 e. The lowest BCUT2D eigenvalue weighted by Gasteiger charge is -2.46. The van der Waals surface area contributed by atoms with Crippen LogP contribution in [0.3, 0.4) is 0 Å². The molecule has 0 N–H and O–H groups in total. The van der Waals surface area contributed by atoms with Gasteiger partial charge in [-0.1, -0.05) is 139 Å². The Kier molecular flexibility index (Phi) is 16.8. The van der Waals surface area contributed by atoms with Gasteiger partial charge in [-0.3, -0.25) is 0 Å². The smallest absolute Gasteiger partial charge is 0.0329 e. The van der Waals surface area contributed by atoms with E-state index in [1.165, 1.54) is 77.0 Å². The molecule has 0 aromatic carbocycles. The minimum absolute atomic E-state index is 0.876. The second-order valence-electron chi connectivity index (χ2n) is 9.84. The Morgan fingerprint density at radius 1 is 0.393 bits per heavy atom. The fourth-order valence-electron chi connectivity index (χ4n) is 6.90. The third kappa shape index (κ3) is 8.39. The van der Waals surface area contributed by atoms with Crippen molar-refractivity contribution in [1.29, 1.82) is 0 Å². The fourth-order valence-corrected chi connectivity index (χ4v) is 6.90. The van der Waals surface area contributed by atoms with Crippen LogP contribution in [-0.4, -0.2) is 0 Å². The Hall–Kier alpha value is 0. The quantitative estimate of drug-likeness (QED) is 0.217. The van der Waals surface area contributed by atoms with Gasteiger partial charge in [-0.25, -0.2) is 0 Å². The molecule has 0 aromatic heterocycles. The molecule has 0 rings (SSSR count). The summed E-state index contributed by atoms with van der Waals surface area (Å²) in [5.74, 6) is 6.44. The van der Waals surface area contributed by atoms with Crippen LogP contribution < -0.4 is 0 Å². The van der Waals surface area contributed by atoms with Gasteiger partial charge in [0.05, 0.1) is 0 Å². The van der Waals surface area contributed by atoms with Crippen LogP contribution in [-0.2, 0) is 0 Å². The highest BCUT2D eigenvalue weighted by atomic mass is 14.4. The lowest BCUT2D eigenvalue weighted by atomic mass is 9.59. The van der Waals surface area contributed by atoms with Crippen molar-refractivity contribution < 1.29 is 0 Å². The van der Waals surface area contributed by atoms with Gasteiger partial charge in [-0.15, -0.1) is 0 Å². The predicted octanol–water partition coefficient (Wildman–Crippen LogP) is 10.2. The van der Waals surface area contributed by atoms with Crippen LogP contribution in [0.1, 0.15) is 139 Å².